The van der Waals surface area contributed by atoms with Crippen LogP contribution in [0.5, 0.6) is 0 Å². The second-order valence-electron chi connectivity index (χ2n) is 17.4. The molecule has 286 valence electrons. The normalized spacial score (nSPS) is 14.8. The molecule has 2 spiro atoms. The first-order valence-electron chi connectivity index (χ1n) is 21.8. The van der Waals surface area contributed by atoms with Gasteiger partial charge in [0.05, 0.1) is 10.8 Å². The van der Waals surface area contributed by atoms with Crippen LogP contribution < -0.4 is 0 Å². The van der Waals surface area contributed by atoms with Gasteiger partial charge < -0.3 is 0 Å². The molecule has 0 heteroatoms. The maximum atomic E-state index is 2.50. The number of hydrogen-bond donors (Lipinski definition) is 0. The Morgan fingerprint density at radius 3 is 1.23 bits per heavy atom. The molecule has 0 aliphatic heterocycles. The highest BCUT2D eigenvalue weighted by Gasteiger charge is 2.53. The molecular formula is C62H38. The Kier molecular flexibility index (Phi) is 6.78. The third kappa shape index (κ3) is 4.17. The highest BCUT2D eigenvalue weighted by Crippen LogP contribution is 2.64. The quantitative estimate of drug-likeness (QED) is 0.157. The third-order valence-electron chi connectivity index (χ3n) is 14.7. The summed E-state index contributed by atoms with van der Waals surface area (Å²) in [5.41, 5.74) is 25.5. The highest BCUT2D eigenvalue weighted by atomic mass is 14.5. The second kappa shape index (κ2) is 12.4. The molecule has 4 aliphatic rings. The average molecular weight is 783 g/mol. The Labute approximate surface area is 361 Å². The van der Waals surface area contributed by atoms with Crippen LogP contribution in [0.1, 0.15) is 61.2 Å². The van der Waals surface area contributed by atoms with Crippen LogP contribution in [-0.4, -0.2) is 0 Å². The van der Waals surface area contributed by atoms with E-state index < -0.39 is 5.41 Å². The summed E-state index contributed by atoms with van der Waals surface area (Å²) in [7, 11) is 0. The predicted molar refractivity (Wildman–Crippen MR) is 256 cm³/mol. The molecule has 0 radical (unpaired) electrons. The Hall–Kier alpha value is -7.80. The van der Waals surface area contributed by atoms with E-state index in [1.807, 2.05) is 0 Å². The molecule has 0 heterocycles. The van der Waals surface area contributed by atoms with E-state index in [0.29, 0.717) is 0 Å². The Morgan fingerprint density at radius 1 is 0.290 bits per heavy atom. The van der Waals surface area contributed by atoms with Crippen LogP contribution in [0.25, 0.3) is 66.9 Å². The smallest absolute Gasteiger partial charge is 0.0619 e. The minimum atomic E-state index is -0.401. The molecule has 0 saturated heterocycles. The molecule has 0 saturated carbocycles. The SMILES string of the molecule is C(=C(c1ccc2c(c1)-c1ccccc1C21c2ccccc2-c2ccccc21)c1cccc2ccccc12)c1ccc2c(c1)C1(c3ccccc3-c3ccccc31)c1ccccc1-2. The average Bonchev–Trinajstić information content (AvgIpc) is 4.02. The summed E-state index contributed by atoms with van der Waals surface area (Å²) in [6, 6.07) is 84.7. The van der Waals surface area contributed by atoms with Gasteiger partial charge in [-0.05, 0) is 140 Å². The zero-order valence-electron chi connectivity index (χ0n) is 33.9. The van der Waals surface area contributed by atoms with Crippen molar-refractivity contribution >= 4 is 22.4 Å². The lowest BCUT2D eigenvalue weighted by atomic mass is 9.70. The maximum Gasteiger partial charge on any atom is 0.0725 e. The van der Waals surface area contributed by atoms with Crippen LogP contribution in [0.3, 0.4) is 0 Å². The third-order valence-corrected chi connectivity index (χ3v) is 14.7. The Balaban J connectivity index is 1.03. The lowest BCUT2D eigenvalue weighted by molar-refractivity contribution is 0.793. The second-order valence-corrected chi connectivity index (χ2v) is 17.4. The van der Waals surface area contributed by atoms with Gasteiger partial charge in [0.2, 0.25) is 0 Å². The lowest BCUT2D eigenvalue weighted by Gasteiger charge is -2.30. The van der Waals surface area contributed by atoms with Crippen molar-refractivity contribution in [1.82, 2.24) is 0 Å². The first-order chi connectivity index (χ1) is 30.8. The fourth-order valence-corrected chi connectivity index (χ4v) is 12.4. The van der Waals surface area contributed by atoms with Gasteiger partial charge in [0.1, 0.15) is 0 Å². The molecule has 0 aromatic heterocycles. The molecule has 0 amide bonds. The number of hydrogen-bond acceptors (Lipinski definition) is 0. The number of fused-ring (bicyclic) bond motifs is 21. The molecule has 10 aromatic rings. The largest absolute Gasteiger partial charge is 0.0725 e. The molecule has 0 unspecified atom stereocenters. The molecule has 14 rings (SSSR count). The Morgan fingerprint density at radius 2 is 0.694 bits per heavy atom. The summed E-state index contributed by atoms with van der Waals surface area (Å²) < 4.78 is 0. The minimum Gasteiger partial charge on any atom is -0.0619 e. The molecule has 62 heavy (non-hydrogen) atoms. The van der Waals surface area contributed by atoms with Crippen molar-refractivity contribution in [2.45, 2.75) is 10.8 Å². The van der Waals surface area contributed by atoms with Gasteiger partial charge in [-0.2, -0.15) is 0 Å². The van der Waals surface area contributed by atoms with Crippen molar-refractivity contribution in [2.75, 3.05) is 0 Å². The standard InChI is InChI=1S/C62H38/c1-2-18-42-40(16-1)17-15-25-43(42)51(41-33-35-59-52(38-41)49-24-8-14-31-58(49)61(59)53-26-9-3-19-44(53)45-20-4-10-27-54(45)61)36-39-32-34-50-48-23-7-13-30-57(48)62(60(50)37-39)55-28-11-5-21-46(55)47-22-6-12-29-56(47)62/h1-38H. The van der Waals surface area contributed by atoms with Crippen molar-refractivity contribution in [2.24, 2.45) is 0 Å². The van der Waals surface area contributed by atoms with Crippen molar-refractivity contribution in [3.63, 3.8) is 0 Å². The minimum absolute atomic E-state index is 0.377. The van der Waals surface area contributed by atoms with Gasteiger partial charge in [-0.3, -0.25) is 0 Å². The van der Waals surface area contributed by atoms with E-state index in [2.05, 4.69) is 231 Å². The van der Waals surface area contributed by atoms with Crippen LogP contribution in [0.4, 0.5) is 0 Å². The van der Waals surface area contributed by atoms with Gasteiger partial charge in [0.25, 0.3) is 0 Å². The molecule has 4 aliphatic carbocycles. The lowest BCUT2D eigenvalue weighted by Crippen LogP contribution is -2.25. The van der Waals surface area contributed by atoms with Gasteiger partial charge in [0, 0.05) is 0 Å². The molecule has 0 nitrogen and oxygen atoms in total. The van der Waals surface area contributed by atoms with Gasteiger partial charge in [-0.1, -0.05) is 212 Å². The Bertz CT molecular complexity index is 3480. The topological polar surface area (TPSA) is 0 Å². The van der Waals surface area contributed by atoms with Crippen molar-refractivity contribution < 1.29 is 0 Å². The van der Waals surface area contributed by atoms with E-state index in [9.17, 15) is 0 Å². The summed E-state index contributed by atoms with van der Waals surface area (Å²) in [6.45, 7) is 0. The van der Waals surface area contributed by atoms with Crippen LogP contribution in [0, 0.1) is 0 Å². The summed E-state index contributed by atoms with van der Waals surface area (Å²) in [5, 5.41) is 2.49. The molecule has 10 aromatic carbocycles. The van der Waals surface area contributed by atoms with Gasteiger partial charge >= 0.3 is 0 Å². The van der Waals surface area contributed by atoms with E-state index in [1.165, 1.54) is 122 Å². The molecule has 0 N–H and O–H groups in total. The van der Waals surface area contributed by atoms with E-state index in [0.717, 1.165) is 0 Å². The van der Waals surface area contributed by atoms with Gasteiger partial charge in [-0.15, -0.1) is 0 Å². The van der Waals surface area contributed by atoms with Crippen molar-refractivity contribution in [1.29, 1.82) is 0 Å². The molecule has 0 atom stereocenters. The molecule has 0 fully saturated rings. The van der Waals surface area contributed by atoms with Crippen LogP contribution in [0.2, 0.25) is 0 Å². The van der Waals surface area contributed by atoms with E-state index in [1.54, 1.807) is 0 Å². The predicted octanol–water partition coefficient (Wildman–Crippen LogP) is 15.1. The fraction of sp³-hybridized carbons (Fsp3) is 0.0323. The maximum absolute atomic E-state index is 2.50. The first kappa shape index (κ1) is 34.0. The van der Waals surface area contributed by atoms with E-state index in [-0.39, 0.29) is 5.41 Å². The summed E-state index contributed by atoms with van der Waals surface area (Å²) in [4.78, 5) is 0. The first-order valence-corrected chi connectivity index (χ1v) is 21.8. The summed E-state index contributed by atoms with van der Waals surface area (Å²) >= 11 is 0. The van der Waals surface area contributed by atoms with E-state index >= 15 is 0 Å². The van der Waals surface area contributed by atoms with Crippen molar-refractivity contribution in [3.05, 3.63) is 286 Å². The van der Waals surface area contributed by atoms with Gasteiger partial charge in [0.15, 0.2) is 0 Å². The molecule has 0 bridgehead atoms. The summed E-state index contributed by atoms with van der Waals surface area (Å²) in [6.07, 6.45) is 2.46. The fourth-order valence-electron chi connectivity index (χ4n) is 12.4. The number of benzene rings is 10. The van der Waals surface area contributed by atoms with E-state index in [4.69, 9.17) is 0 Å². The monoisotopic (exact) mass is 782 g/mol. The van der Waals surface area contributed by atoms with Crippen LogP contribution >= 0.6 is 0 Å². The zero-order valence-corrected chi connectivity index (χ0v) is 33.9. The highest BCUT2D eigenvalue weighted by molar-refractivity contribution is 6.05. The summed E-state index contributed by atoms with van der Waals surface area (Å²) in [5.74, 6) is 0. The van der Waals surface area contributed by atoms with Crippen LogP contribution in [-0.2, 0) is 10.8 Å². The van der Waals surface area contributed by atoms with Crippen molar-refractivity contribution in [3.8, 4) is 44.5 Å². The molecular weight excluding hydrogens is 745 g/mol. The zero-order chi connectivity index (χ0) is 40.6. The van der Waals surface area contributed by atoms with Gasteiger partial charge in [-0.25, -0.2) is 0 Å². The van der Waals surface area contributed by atoms with Crippen LogP contribution in [0.15, 0.2) is 224 Å². The number of rotatable bonds is 3.